The summed E-state index contributed by atoms with van der Waals surface area (Å²) < 4.78 is 10.9. The molecule has 4 heteroatoms. The molecule has 0 aliphatic rings. The van der Waals surface area contributed by atoms with Gasteiger partial charge in [0.25, 0.3) is 0 Å². The van der Waals surface area contributed by atoms with E-state index in [-0.39, 0.29) is 12.3 Å². The molecule has 0 N–H and O–H groups in total. The second kappa shape index (κ2) is 8.60. The second-order valence-electron chi connectivity index (χ2n) is 7.15. The molecule has 1 atom stereocenters. The number of hydrogen-bond donors (Lipinski definition) is 0. The van der Waals surface area contributed by atoms with E-state index >= 15 is 0 Å². The zero-order valence-electron chi connectivity index (χ0n) is 16.0. The molecule has 0 aliphatic heterocycles. The molecule has 0 saturated heterocycles. The number of methoxy groups -OCH3 is 1. The van der Waals surface area contributed by atoms with E-state index in [9.17, 15) is 0 Å². The van der Waals surface area contributed by atoms with Gasteiger partial charge in [0, 0.05) is 24.2 Å². The first-order chi connectivity index (χ1) is 11.8. The summed E-state index contributed by atoms with van der Waals surface area (Å²) in [6.07, 6.45) is 1.99. The molecule has 25 heavy (non-hydrogen) atoms. The standard InChI is InChI=1S/C21H28NO2P/c1-15-11-16(2)20(24-14-23-6)19(12-15)25-18-10-8-7-9-17(18)13-22-21(3,4)5/h7-13,25H,14H2,1-6H3/b22-13+. The van der Waals surface area contributed by atoms with Crippen LogP contribution in [-0.2, 0) is 4.74 Å². The van der Waals surface area contributed by atoms with Crippen LogP contribution in [-0.4, -0.2) is 25.7 Å². The molecule has 2 rings (SSSR count). The average Bonchev–Trinajstić information content (AvgIpc) is 2.52. The Morgan fingerprint density at radius 1 is 1.08 bits per heavy atom. The topological polar surface area (TPSA) is 30.8 Å². The van der Waals surface area contributed by atoms with Crippen LogP contribution in [0.5, 0.6) is 5.75 Å². The Kier molecular flexibility index (Phi) is 6.75. The summed E-state index contributed by atoms with van der Waals surface area (Å²) in [5.41, 5.74) is 3.46. The van der Waals surface area contributed by atoms with Crippen molar-refractivity contribution in [2.75, 3.05) is 13.9 Å². The Bertz CT molecular complexity index is 748. The highest BCUT2D eigenvalue weighted by Gasteiger charge is 2.12. The number of rotatable bonds is 6. The predicted molar refractivity (Wildman–Crippen MR) is 110 cm³/mol. The quantitative estimate of drug-likeness (QED) is 0.442. The molecule has 0 fully saturated rings. The second-order valence-corrected chi connectivity index (χ2v) is 8.48. The highest BCUT2D eigenvalue weighted by molar-refractivity contribution is 7.56. The largest absolute Gasteiger partial charge is 0.467 e. The van der Waals surface area contributed by atoms with E-state index in [0.29, 0.717) is 8.58 Å². The molecule has 3 nitrogen and oxygen atoms in total. The molecule has 0 saturated carbocycles. The summed E-state index contributed by atoms with van der Waals surface area (Å²) in [7, 11) is 2.14. The summed E-state index contributed by atoms with van der Waals surface area (Å²) in [5.74, 6) is 0.924. The summed E-state index contributed by atoms with van der Waals surface area (Å²) in [6, 6.07) is 12.8. The van der Waals surface area contributed by atoms with Gasteiger partial charge in [-0.3, -0.25) is 4.99 Å². The maximum atomic E-state index is 5.85. The molecule has 2 aromatic rings. The Labute approximate surface area is 153 Å². The van der Waals surface area contributed by atoms with Crippen LogP contribution in [0.15, 0.2) is 41.4 Å². The van der Waals surface area contributed by atoms with Crippen LogP contribution in [0, 0.1) is 13.8 Å². The number of nitrogens with zero attached hydrogens (tertiary/aromatic N) is 1. The number of benzene rings is 2. The number of aliphatic imine (C=N–C) groups is 1. The monoisotopic (exact) mass is 357 g/mol. The minimum absolute atomic E-state index is 0.0805. The first-order valence-electron chi connectivity index (χ1n) is 8.44. The normalized spacial score (nSPS) is 12.4. The highest BCUT2D eigenvalue weighted by Crippen LogP contribution is 2.25. The fourth-order valence-electron chi connectivity index (χ4n) is 2.49. The SMILES string of the molecule is COCOc1c(C)cc(C)cc1Pc1ccccc1/C=N/C(C)(C)C. The molecule has 0 bridgehead atoms. The van der Waals surface area contributed by atoms with Gasteiger partial charge in [-0.05, 0) is 57.1 Å². The van der Waals surface area contributed by atoms with E-state index in [1.807, 2.05) is 6.21 Å². The maximum Gasteiger partial charge on any atom is 0.188 e. The molecule has 0 radical (unpaired) electrons. The molecule has 0 amide bonds. The van der Waals surface area contributed by atoms with Crippen molar-refractivity contribution in [1.82, 2.24) is 0 Å². The van der Waals surface area contributed by atoms with Gasteiger partial charge in [-0.1, -0.05) is 38.9 Å². The summed E-state index contributed by atoms with van der Waals surface area (Å²) in [4.78, 5) is 4.66. The van der Waals surface area contributed by atoms with E-state index < -0.39 is 0 Å². The Morgan fingerprint density at radius 3 is 2.48 bits per heavy atom. The van der Waals surface area contributed by atoms with Crippen LogP contribution in [0.2, 0.25) is 0 Å². The minimum atomic E-state index is -0.0805. The molecule has 0 aromatic heterocycles. The first kappa shape index (κ1) is 19.6. The Hall–Kier alpha value is -1.70. The zero-order chi connectivity index (χ0) is 18.4. The van der Waals surface area contributed by atoms with Crippen LogP contribution < -0.4 is 15.3 Å². The summed E-state index contributed by atoms with van der Waals surface area (Å²) >= 11 is 0. The lowest BCUT2D eigenvalue weighted by molar-refractivity contribution is 0.0514. The lowest BCUT2D eigenvalue weighted by Crippen LogP contribution is -2.15. The molecule has 0 spiro atoms. The van der Waals surface area contributed by atoms with Crippen LogP contribution in [0.4, 0.5) is 0 Å². The van der Waals surface area contributed by atoms with Crippen molar-refractivity contribution in [3.63, 3.8) is 0 Å². The fourth-order valence-corrected chi connectivity index (χ4v) is 3.93. The van der Waals surface area contributed by atoms with Crippen molar-refractivity contribution >= 4 is 25.4 Å². The van der Waals surface area contributed by atoms with Gasteiger partial charge in [0.2, 0.25) is 0 Å². The molecule has 2 aromatic carbocycles. The van der Waals surface area contributed by atoms with Crippen LogP contribution in [0.3, 0.4) is 0 Å². The van der Waals surface area contributed by atoms with E-state index in [4.69, 9.17) is 9.47 Å². The molecule has 134 valence electrons. The summed E-state index contributed by atoms with van der Waals surface area (Å²) in [6.45, 7) is 10.8. The Morgan fingerprint density at radius 2 is 1.80 bits per heavy atom. The fraction of sp³-hybridized carbons (Fsp3) is 0.381. The van der Waals surface area contributed by atoms with Gasteiger partial charge < -0.3 is 9.47 Å². The van der Waals surface area contributed by atoms with E-state index in [1.54, 1.807) is 7.11 Å². The molecule has 0 heterocycles. The molecular formula is C21H28NO2P. The maximum absolute atomic E-state index is 5.85. The van der Waals surface area contributed by atoms with Gasteiger partial charge in [0.1, 0.15) is 5.75 Å². The third-order valence-corrected chi connectivity index (χ3v) is 4.93. The van der Waals surface area contributed by atoms with Gasteiger partial charge in [-0.2, -0.15) is 0 Å². The van der Waals surface area contributed by atoms with Crippen molar-refractivity contribution < 1.29 is 9.47 Å². The van der Waals surface area contributed by atoms with Crippen LogP contribution >= 0.6 is 8.58 Å². The van der Waals surface area contributed by atoms with Crippen molar-refractivity contribution in [3.05, 3.63) is 53.1 Å². The molecular weight excluding hydrogens is 329 g/mol. The average molecular weight is 357 g/mol. The Balaban J connectivity index is 2.38. The lowest BCUT2D eigenvalue weighted by atomic mass is 10.1. The van der Waals surface area contributed by atoms with Gasteiger partial charge in [0.05, 0.1) is 5.54 Å². The van der Waals surface area contributed by atoms with Crippen molar-refractivity contribution in [2.24, 2.45) is 4.99 Å². The lowest BCUT2D eigenvalue weighted by Gasteiger charge is -2.16. The molecule has 0 aliphatic carbocycles. The van der Waals surface area contributed by atoms with Gasteiger partial charge in [-0.15, -0.1) is 0 Å². The number of aryl methyl sites for hydroxylation is 2. The number of hydrogen-bond acceptors (Lipinski definition) is 3. The van der Waals surface area contributed by atoms with Gasteiger partial charge >= 0.3 is 0 Å². The van der Waals surface area contributed by atoms with E-state index in [1.165, 1.54) is 16.2 Å². The van der Waals surface area contributed by atoms with E-state index in [0.717, 1.165) is 16.9 Å². The van der Waals surface area contributed by atoms with Crippen molar-refractivity contribution in [2.45, 2.75) is 40.2 Å². The van der Waals surface area contributed by atoms with Crippen molar-refractivity contribution in [1.29, 1.82) is 0 Å². The van der Waals surface area contributed by atoms with E-state index in [2.05, 4.69) is 76.0 Å². The third kappa shape index (κ3) is 5.95. The minimum Gasteiger partial charge on any atom is -0.467 e. The smallest absolute Gasteiger partial charge is 0.188 e. The van der Waals surface area contributed by atoms with Crippen molar-refractivity contribution in [3.8, 4) is 5.75 Å². The highest BCUT2D eigenvalue weighted by atomic mass is 31.1. The first-order valence-corrected chi connectivity index (χ1v) is 9.44. The third-order valence-electron chi connectivity index (χ3n) is 3.56. The van der Waals surface area contributed by atoms with Crippen LogP contribution in [0.25, 0.3) is 0 Å². The van der Waals surface area contributed by atoms with Crippen LogP contribution in [0.1, 0.15) is 37.5 Å². The summed E-state index contributed by atoms with van der Waals surface area (Å²) in [5, 5.41) is 2.47. The predicted octanol–water partition coefficient (Wildman–Crippen LogP) is 4.13. The zero-order valence-corrected chi connectivity index (χ0v) is 17.0. The van der Waals surface area contributed by atoms with Gasteiger partial charge in [0.15, 0.2) is 6.79 Å². The number of ether oxygens (including phenoxy) is 2. The molecule has 1 unspecified atom stereocenters. The van der Waals surface area contributed by atoms with Gasteiger partial charge in [-0.25, -0.2) is 0 Å².